The molecule has 3 rings (SSSR count). The summed E-state index contributed by atoms with van der Waals surface area (Å²) in [6, 6.07) is 9.76. The Hall–Kier alpha value is -2.14. The van der Waals surface area contributed by atoms with Crippen LogP contribution in [-0.2, 0) is 4.74 Å². The van der Waals surface area contributed by atoms with Gasteiger partial charge in [-0.05, 0) is 38.3 Å². The molecule has 5 heteroatoms. The number of hydrogen-bond acceptors (Lipinski definition) is 4. The number of carbonyl (C=O) groups excluding carboxylic acids is 1. The van der Waals surface area contributed by atoms with E-state index in [1.54, 1.807) is 7.11 Å². The minimum absolute atomic E-state index is 0.0843. The topological polar surface area (TPSA) is 55.6 Å². The Kier molecular flexibility index (Phi) is 4.76. The molecule has 0 spiro atoms. The number of piperidine rings is 1. The Labute approximate surface area is 136 Å². The van der Waals surface area contributed by atoms with E-state index in [1.807, 2.05) is 42.2 Å². The van der Waals surface area contributed by atoms with Gasteiger partial charge in [0.1, 0.15) is 0 Å². The number of aromatic nitrogens is 1. The number of hydrogen-bond donors (Lipinski definition) is 0. The molecule has 0 radical (unpaired) electrons. The Balaban J connectivity index is 1.86. The van der Waals surface area contributed by atoms with E-state index in [1.165, 1.54) is 0 Å². The summed E-state index contributed by atoms with van der Waals surface area (Å²) in [5.74, 6) is 0.748. The number of methoxy groups -OCH3 is 1. The summed E-state index contributed by atoms with van der Waals surface area (Å²) in [4.78, 5) is 19.2. The molecule has 1 saturated heterocycles. The summed E-state index contributed by atoms with van der Waals surface area (Å²) in [6.45, 7) is 3.12. The quantitative estimate of drug-likeness (QED) is 0.869. The SMILES string of the molecule is COC[C@@H]1CCCCN1C(=O)c1oc(-c2ccccc2)nc1C. The molecule has 2 heterocycles. The average Bonchev–Trinajstić information content (AvgIpc) is 2.98. The predicted octanol–water partition coefficient (Wildman–Crippen LogP) is 3.29. The molecule has 0 saturated carbocycles. The Morgan fingerprint density at radius 2 is 2.13 bits per heavy atom. The normalized spacial score (nSPS) is 18.2. The minimum Gasteiger partial charge on any atom is -0.431 e. The molecule has 1 aliphatic heterocycles. The predicted molar refractivity (Wildman–Crippen MR) is 87.2 cm³/mol. The van der Waals surface area contributed by atoms with Crippen LogP contribution in [0.1, 0.15) is 35.5 Å². The molecule has 1 amide bonds. The second kappa shape index (κ2) is 6.96. The standard InChI is InChI=1S/C18H22N2O3/c1-13-16(23-17(19-13)14-8-4-3-5-9-14)18(21)20-11-7-6-10-15(20)12-22-2/h3-5,8-9,15H,6-7,10-12H2,1-2H3/t15-/m0/s1. The smallest absolute Gasteiger partial charge is 0.291 e. The van der Waals surface area contributed by atoms with Gasteiger partial charge in [-0.25, -0.2) is 4.98 Å². The molecule has 0 unspecified atom stereocenters. The van der Waals surface area contributed by atoms with E-state index < -0.39 is 0 Å². The van der Waals surface area contributed by atoms with Crippen LogP contribution in [0.25, 0.3) is 11.5 Å². The van der Waals surface area contributed by atoms with Crippen molar-refractivity contribution in [2.24, 2.45) is 0 Å². The number of benzene rings is 1. The van der Waals surface area contributed by atoms with Crippen LogP contribution in [0.2, 0.25) is 0 Å². The third-order valence-electron chi connectivity index (χ3n) is 4.26. The number of amides is 1. The fourth-order valence-electron chi connectivity index (χ4n) is 3.06. The highest BCUT2D eigenvalue weighted by Crippen LogP contribution is 2.25. The van der Waals surface area contributed by atoms with Crippen LogP contribution in [0, 0.1) is 6.92 Å². The van der Waals surface area contributed by atoms with Gasteiger partial charge >= 0.3 is 0 Å². The molecule has 122 valence electrons. The second-order valence-electron chi connectivity index (χ2n) is 5.90. The molecule has 23 heavy (non-hydrogen) atoms. The van der Waals surface area contributed by atoms with Gasteiger partial charge in [0.15, 0.2) is 0 Å². The molecule has 1 aromatic heterocycles. The van der Waals surface area contributed by atoms with Crippen LogP contribution < -0.4 is 0 Å². The molecule has 1 atom stereocenters. The molecule has 0 aliphatic carbocycles. The molecular formula is C18H22N2O3. The largest absolute Gasteiger partial charge is 0.431 e. The lowest BCUT2D eigenvalue weighted by Gasteiger charge is -2.34. The van der Waals surface area contributed by atoms with E-state index in [9.17, 15) is 4.79 Å². The molecular weight excluding hydrogens is 292 g/mol. The van der Waals surface area contributed by atoms with Crippen molar-refractivity contribution in [3.63, 3.8) is 0 Å². The van der Waals surface area contributed by atoms with Gasteiger partial charge in [-0.1, -0.05) is 18.2 Å². The summed E-state index contributed by atoms with van der Waals surface area (Å²) >= 11 is 0. The molecule has 2 aromatic rings. The first-order chi connectivity index (χ1) is 11.2. The van der Waals surface area contributed by atoms with E-state index in [0.717, 1.165) is 31.4 Å². The molecule has 0 N–H and O–H groups in total. The van der Waals surface area contributed by atoms with Gasteiger partial charge in [0, 0.05) is 19.2 Å². The zero-order chi connectivity index (χ0) is 16.2. The molecule has 0 bridgehead atoms. The summed E-state index contributed by atoms with van der Waals surface area (Å²) in [7, 11) is 1.67. The number of nitrogens with zero attached hydrogens (tertiary/aromatic N) is 2. The van der Waals surface area contributed by atoms with Crippen molar-refractivity contribution in [2.45, 2.75) is 32.2 Å². The van der Waals surface area contributed by atoms with Gasteiger partial charge < -0.3 is 14.1 Å². The zero-order valence-electron chi connectivity index (χ0n) is 13.6. The van der Waals surface area contributed by atoms with E-state index in [-0.39, 0.29) is 11.9 Å². The van der Waals surface area contributed by atoms with E-state index in [0.29, 0.717) is 24.0 Å². The molecule has 5 nitrogen and oxygen atoms in total. The van der Waals surface area contributed by atoms with Crippen molar-refractivity contribution < 1.29 is 13.9 Å². The van der Waals surface area contributed by atoms with Crippen molar-refractivity contribution in [2.75, 3.05) is 20.3 Å². The first-order valence-electron chi connectivity index (χ1n) is 8.03. The highest BCUT2D eigenvalue weighted by atomic mass is 16.5. The highest BCUT2D eigenvalue weighted by molar-refractivity contribution is 5.93. The van der Waals surface area contributed by atoms with Crippen LogP contribution in [-0.4, -0.2) is 42.1 Å². The number of aryl methyl sites for hydroxylation is 1. The molecule has 1 aromatic carbocycles. The van der Waals surface area contributed by atoms with Crippen molar-refractivity contribution in [3.8, 4) is 11.5 Å². The first kappa shape index (κ1) is 15.7. The van der Waals surface area contributed by atoms with Crippen molar-refractivity contribution >= 4 is 5.91 Å². The monoisotopic (exact) mass is 314 g/mol. The number of likely N-dealkylation sites (tertiary alicyclic amines) is 1. The maximum atomic E-state index is 12.9. The van der Waals surface area contributed by atoms with Crippen LogP contribution >= 0.6 is 0 Å². The Bertz CT molecular complexity index is 664. The van der Waals surface area contributed by atoms with Crippen LogP contribution in [0.3, 0.4) is 0 Å². The maximum absolute atomic E-state index is 12.9. The van der Waals surface area contributed by atoms with Gasteiger partial charge in [-0.2, -0.15) is 0 Å². The summed E-state index contributed by atoms with van der Waals surface area (Å²) in [6.07, 6.45) is 3.12. The van der Waals surface area contributed by atoms with Gasteiger partial charge in [0.2, 0.25) is 11.7 Å². The van der Waals surface area contributed by atoms with Gasteiger partial charge in [-0.3, -0.25) is 4.79 Å². The lowest BCUT2D eigenvalue weighted by atomic mass is 10.0. The Morgan fingerprint density at radius 1 is 1.35 bits per heavy atom. The number of rotatable bonds is 4. The van der Waals surface area contributed by atoms with Crippen LogP contribution in [0.4, 0.5) is 0 Å². The van der Waals surface area contributed by atoms with E-state index in [4.69, 9.17) is 9.15 Å². The first-order valence-corrected chi connectivity index (χ1v) is 8.03. The van der Waals surface area contributed by atoms with Crippen molar-refractivity contribution in [1.29, 1.82) is 0 Å². The van der Waals surface area contributed by atoms with Gasteiger partial charge in [-0.15, -0.1) is 0 Å². The van der Waals surface area contributed by atoms with E-state index >= 15 is 0 Å². The highest BCUT2D eigenvalue weighted by Gasteiger charge is 2.31. The zero-order valence-corrected chi connectivity index (χ0v) is 13.6. The van der Waals surface area contributed by atoms with Gasteiger partial charge in [0.25, 0.3) is 5.91 Å². The fourth-order valence-corrected chi connectivity index (χ4v) is 3.06. The number of carbonyl (C=O) groups is 1. The maximum Gasteiger partial charge on any atom is 0.291 e. The summed E-state index contributed by atoms with van der Waals surface area (Å²) in [5, 5.41) is 0. The summed E-state index contributed by atoms with van der Waals surface area (Å²) in [5.41, 5.74) is 1.51. The third kappa shape index (κ3) is 3.29. The molecule has 1 fully saturated rings. The average molecular weight is 314 g/mol. The fraction of sp³-hybridized carbons (Fsp3) is 0.444. The number of ether oxygens (including phenoxy) is 1. The second-order valence-corrected chi connectivity index (χ2v) is 5.90. The summed E-state index contributed by atoms with van der Waals surface area (Å²) < 4.78 is 11.1. The van der Waals surface area contributed by atoms with Crippen LogP contribution in [0.5, 0.6) is 0 Å². The lowest BCUT2D eigenvalue weighted by Crippen LogP contribution is -2.46. The Morgan fingerprint density at radius 3 is 2.87 bits per heavy atom. The van der Waals surface area contributed by atoms with E-state index in [2.05, 4.69) is 4.98 Å². The van der Waals surface area contributed by atoms with Crippen LogP contribution in [0.15, 0.2) is 34.7 Å². The molecule has 1 aliphatic rings. The lowest BCUT2D eigenvalue weighted by molar-refractivity contribution is 0.0401. The minimum atomic E-state index is -0.0843. The van der Waals surface area contributed by atoms with Crippen molar-refractivity contribution in [1.82, 2.24) is 9.88 Å². The third-order valence-corrected chi connectivity index (χ3v) is 4.26. The number of oxazole rings is 1. The van der Waals surface area contributed by atoms with Gasteiger partial charge in [0.05, 0.1) is 18.3 Å². The van der Waals surface area contributed by atoms with Crippen molar-refractivity contribution in [3.05, 3.63) is 41.8 Å².